The average Bonchev–Trinajstić information content (AvgIpc) is 3.34. The summed E-state index contributed by atoms with van der Waals surface area (Å²) < 4.78 is 20.6. The summed E-state index contributed by atoms with van der Waals surface area (Å²) >= 11 is 0. The summed E-state index contributed by atoms with van der Waals surface area (Å²) in [6, 6.07) is 11.3. The summed E-state index contributed by atoms with van der Waals surface area (Å²) in [5, 5.41) is 9.57. The smallest absolute Gasteiger partial charge is 0.349 e. The maximum atomic E-state index is 13.0. The van der Waals surface area contributed by atoms with E-state index in [0.717, 1.165) is 47.0 Å². The maximum absolute atomic E-state index is 13.0. The van der Waals surface area contributed by atoms with E-state index in [1.165, 1.54) is 6.08 Å². The fourth-order valence-corrected chi connectivity index (χ4v) is 4.73. The molecule has 0 saturated carbocycles. The van der Waals surface area contributed by atoms with Crippen molar-refractivity contribution in [2.24, 2.45) is 0 Å². The van der Waals surface area contributed by atoms with Crippen LogP contribution < -0.4 is 9.47 Å². The molecule has 0 radical (unpaired) electrons. The van der Waals surface area contributed by atoms with E-state index in [2.05, 4.69) is 11.5 Å². The number of fused-ring (bicyclic) bond motifs is 1. The molecule has 192 valence electrons. The van der Waals surface area contributed by atoms with Crippen LogP contribution in [0, 0.1) is 39.0 Å². The van der Waals surface area contributed by atoms with Gasteiger partial charge in [-0.15, -0.1) is 0 Å². The van der Waals surface area contributed by atoms with Crippen molar-refractivity contribution >= 4 is 17.8 Å². The van der Waals surface area contributed by atoms with E-state index < -0.39 is 12.6 Å². The van der Waals surface area contributed by atoms with E-state index in [-0.39, 0.29) is 11.4 Å². The number of ketones is 1. The number of rotatable bonds is 8. The lowest BCUT2D eigenvalue weighted by Crippen LogP contribution is -2.16. The van der Waals surface area contributed by atoms with Gasteiger partial charge in [0.2, 0.25) is 5.78 Å². The molecule has 1 aliphatic rings. The van der Waals surface area contributed by atoms with E-state index in [0.29, 0.717) is 30.3 Å². The van der Waals surface area contributed by atoms with Crippen molar-refractivity contribution in [3.05, 3.63) is 69.8 Å². The number of Topliss-reactive ketones (excluding diaryl/α,β-unsaturated/α-hetero) is 1. The lowest BCUT2D eigenvalue weighted by atomic mass is 10.1. The van der Waals surface area contributed by atoms with Crippen LogP contribution in [-0.4, -0.2) is 40.7 Å². The largest absolute Gasteiger partial charge is 0.486 e. The normalized spacial score (nSPS) is 12.8. The molecule has 37 heavy (non-hydrogen) atoms. The van der Waals surface area contributed by atoms with Crippen molar-refractivity contribution in [1.29, 1.82) is 5.26 Å². The summed E-state index contributed by atoms with van der Waals surface area (Å²) in [5.41, 5.74) is 5.53. The van der Waals surface area contributed by atoms with Gasteiger partial charge in [0.15, 0.2) is 18.1 Å². The lowest BCUT2D eigenvalue weighted by molar-refractivity contribution is -0.137. The van der Waals surface area contributed by atoms with Gasteiger partial charge in [-0.25, -0.2) is 4.79 Å². The quantitative estimate of drug-likeness (QED) is 0.186. The second-order valence-corrected chi connectivity index (χ2v) is 9.10. The van der Waals surface area contributed by atoms with Gasteiger partial charge in [0.25, 0.3) is 0 Å². The van der Waals surface area contributed by atoms with Crippen molar-refractivity contribution in [2.75, 3.05) is 19.8 Å². The number of nitriles is 1. The second-order valence-electron chi connectivity index (χ2n) is 9.10. The van der Waals surface area contributed by atoms with Crippen molar-refractivity contribution < 1.29 is 23.8 Å². The summed E-state index contributed by atoms with van der Waals surface area (Å²) in [4.78, 5) is 25.7. The molecule has 3 heterocycles. The molecule has 0 spiro atoms. The van der Waals surface area contributed by atoms with Crippen molar-refractivity contribution in [3.8, 4) is 23.3 Å². The van der Waals surface area contributed by atoms with Crippen molar-refractivity contribution in [3.63, 3.8) is 0 Å². The highest BCUT2D eigenvalue weighted by Crippen LogP contribution is 2.33. The Morgan fingerprint density at radius 3 is 2.46 bits per heavy atom. The molecular formula is C29H31N3O5. The fourth-order valence-electron chi connectivity index (χ4n) is 4.73. The molecule has 4 rings (SSSR count). The Kier molecular flexibility index (Phi) is 7.53. The first-order valence-electron chi connectivity index (χ1n) is 12.3. The zero-order valence-electron chi connectivity index (χ0n) is 21.9. The Bertz CT molecular complexity index is 1430. The Morgan fingerprint density at radius 2 is 1.76 bits per heavy atom. The molecule has 0 N–H and O–H groups in total. The third-order valence-electron chi connectivity index (χ3n) is 6.55. The van der Waals surface area contributed by atoms with Crippen LogP contribution in [0.25, 0.3) is 11.8 Å². The molecule has 0 atom stereocenters. The highest BCUT2D eigenvalue weighted by molar-refractivity contribution is 6.02. The molecule has 8 heteroatoms. The number of carbonyl (C=O) groups excluding carboxylic acids is 2. The highest BCUT2D eigenvalue weighted by Gasteiger charge is 2.21. The topological polar surface area (TPSA) is 95.5 Å². The zero-order chi connectivity index (χ0) is 26.7. The maximum Gasteiger partial charge on any atom is 0.349 e. The van der Waals surface area contributed by atoms with E-state index in [9.17, 15) is 14.9 Å². The molecule has 0 bridgehead atoms. The van der Waals surface area contributed by atoms with Crippen LogP contribution in [0.2, 0.25) is 0 Å². The first kappa shape index (κ1) is 25.8. The monoisotopic (exact) mass is 501 g/mol. The molecule has 3 aromatic rings. The molecule has 0 aliphatic carbocycles. The molecule has 0 amide bonds. The van der Waals surface area contributed by atoms with E-state index >= 15 is 0 Å². The summed E-state index contributed by atoms with van der Waals surface area (Å²) in [7, 11) is 0. The number of nitrogens with zero attached hydrogens (tertiary/aromatic N) is 3. The Morgan fingerprint density at radius 1 is 1.03 bits per heavy atom. The Hall–Kier alpha value is -4.25. The van der Waals surface area contributed by atoms with Gasteiger partial charge in [0.05, 0.1) is 0 Å². The van der Waals surface area contributed by atoms with Crippen LogP contribution in [0.3, 0.4) is 0 Å². The zero-order valence-corrected chi connectivity index (χ0v) is 21.9. The molecule has 1 aromatic carbocycles. The number of ether oxygens (including phenoxy) is 3. The van der Waals surface area contributed by atoms with Gasteiger partial charge < -0.3 is 23.3 Å². The van der Waals surface area contributed by atoms with Gasteiger partial charge in [-0.1, -0.05) is 6.92 Å². The summed E-state index contributed by atoms with van der Waals surface area (Å²) in [6.07, 6.45) is 2.50. The van der Waals surface area contributed by atoms with E-state index in [1.54, 1.807) is 6.07 Å². The first-order chi connectivity index (χ1) is 17.7. The lowest BCUT2D eigenvalue weighted by Gasteiger charge is -2.20. The predicted octanol–water partition coefficient (Wildman–Crippen LogP) is 5.03. The first-order valence-corrected chi connectivity index (χ1v) is 12.3. The minimum absolute atomic E-state index is 0.147. The fraction of sp³-hybridized carbons (Fsp3) is 0.345. The number of aromatic nitrogens is 2. The molecule has 1 aliphatic heterocycles. The predicted molar refractivity (Wildman–Crippen MR) is 139 cm³/mol. The number of carbonyl (C=O) groups is 2. The van der Waals surface area contributed by atoms with E-state index in [4.69, 9.17) is 14.2 Å². The van der Waals surface area contributed by atoms with Gasteiger partial charge >= 0.3 is 5.97 Å². The van der Waals surface area contributed by atoms with Gasteiger partial charge in [-0.05, 0) is 70.0 Å². The van der Waals surface area contributed by atoms with Crippen molar-refractivity contribution in [2.45, 2.75) is 47.6 Å². The number of aryl methyl sites for hydroxylation is 2. The summed E-state index contributed by atoms with van der Waals surface area (Å²) in [5.74, 6) is 0.180. The van der Waals surface area contributed by atoms with Crippen LogP contribution in [0.15, 0.2) is 35.9 Å². The molecule has 8 nitrogen and oxygen atoms in total. The third-order valence-corrected chi connectivity index (χ3v) is 6.55. The van der Waals surface area contributed by atoms with Gasteiger partial charge in [0.1, 0.15) is 24.9 Å². The molecule has 2 aromatic heterocycles. The highest BCUT2D eigenvalue weighted by atomic mass is 16.6. The Labute approximate surface area is 216 Å². The van der Waals surface area contributed by atoms with E-state index in [1.807, 2.05) is 62.6 Å². The SMILES string of the molecule is CCCn1c(C)cc(/C=C(\C#N)C(=O)OCC(=O)c2cc(C)n(-c3ccc4c(c3)OCCO4)c2C)c1C. The molecule has 0 unspecified atom stereocenters. The number of esters is 1. The average molecular weight is 502 g/mol. The number of hydrogen-bond donors (Lipinski definition) is 0. The third kappa shape index (κ3) is 5.17. The number of benzene rings is 1. The molecular weight excluding hydrogens is 470 g/mol. The number of hydrogen-bond acceptors (Lipinski definition) is 6. The Balaban J connectivity index is 1.49. The second kappa shape index (κ2) is 10.8. The van der Waals surface area contributed by atoms with Crippen LogP contribution in [-0.2, 0) is 16.1 Å². The van der Waals surface area contributed by atoms with Gasteiger partial charge in [-0.3, -0.25) is 4.79 Å². The minimum Gasteiger partial charge on any atom is -0.486 e. The van der Waals surface area contributed by atoms with Crippen LogP contribution >= 0.6 is 0 Å². The van der Waals surface area contributed by atoms with Gasteiger partial charge in [0, 0.05) is 46.6 Å². The van der Waals surface area contributed by atoms with Crippen molar-refractivity contribution in [1.82, 2.24) is 9.13 Å². The van der Waals surface area contributed by atoms with Crippen LogP contribution in [0.5, 0.6) is 11.5 Å². The summed E-state index contributed by atoms with van der Waals surface area (Å²) in [6.45, 7) is 11.2. The molecule has 0 fully saturated rings. The van der Waals surface area contributed by atoms with Crippen LogP contribution in [0.1, 0.15) is 52.0 Å². The van der Waals surface area contributed by atoms with Crippen LogP contribution in [0.4, 0.5) is 0 Å². The minimum atomic E-state index is -0.822. The van der Waals surface area contributed by atoms with Gasteiger partial charge in [-0.2, -0.15) is 5.26 Å². The molecule has 0 saturated heterocycles. The standard InChI is InChI=1S/C29H31N3O5/c1-6-9-31-18(2)12-22(20(31)4)14-23(16-30)29(34)37-17-26(33)25-13-19(3)32(21(25)5)24-7-8-27-28(15-24)36-11-10-35-27/h7-8,12-15H,6,9-11,17H2,1-5H3/b23-14+.